The molecule has 19 heavy (non-hydrogen) atoms. The van der Waals surface area contributed by atoms with Gasteiger partial charge < -0.3 is 5.32 Å². The van der Waals surface area contributed by atoms with Gasteiger partial charge in [-0.3, -0.25) is 4.98 Å². The van der Waals surface area contributed by atoms with E-state index in [4.69, 9.17) is 11.6 Å². The fraction of sp³-hybridized carbons (Fsp3) is 0.267. The summed E-state index contributed by atoms with van der Waals surface area (Å²) in [5.41, 5.74) is 3.20. The zero-order chi connectivity index (χ0) is 13.8. The van der Waals surface area contributed by atoms with Gasteiger partial charge in [0.25, 0.3) is 0 Å². The number of hydrogen-bond donors (Lipinski definition) is 1. The summed E-state index contributed by atoms with van der Waals surface area (Å²) in [5, 5.41) is 3.40. The molecule has 0 bridgehead atoms. The van der Waals surface area contributed by atoms with Crippen LogP contribution in [0, 0.1) is 12.7 Å². The molecule has 4 heteroatoms. The van der Waals surface area contributed by atoms with Gasteiger partial charge in [-0.25, -0.2) is 4.39 Å². The van der Waals surface area contributed by atoms with Crippen LogP contribution in [0.2, 0.25) is 5.02 Å². The van der Waals surface area contributed by atoms with Gasteiger partial charge in [-0.2, -0.15) is 0 Å². The number of halogens is 2. The van der Waals surface area contributed by atoms with Crippen LogP contribution in [0.25, 0.3) is 0 Å². The maximum Gasteiger partial charge on any atom is 0.142 e. The molecule has 100 valence electrons. The first-order valence-electron chi connectivity index (χ1n) is 6.13. The second-order valence-corrected chi connectivity index (χ2v) is 4.93. The maximum absolute atomic E-state index is 13.5. The van der Waals surface area contributed by atoms with Crippen molar-refractivity contribution >= 4 is 11.6 Å². The van der Waals surface area contributed by atoms with Crippen molar-refractivity contribution in [3.63, 3.8) is 0 Å². The summed E-state index contributed by atoms with van der Waals surface area (Å²) in [5.74, 6) is -0.378. The second-order valence-electron chi connectivity index (χ2n) is 4.53. The molecule has 0 fully saturated rings. The molecule has 1 heterocycles. The second kappa shape index (κ2) is 6.13. The molecular weight excluding hydrogens is 263 g/mol. The zero-order valence-corrected chi connectivity index (χ0v) is 11.7. The number of hydrogen-bond acceptors (Lipinski definition) is 2. The van der Waals surface area contributed by atoms with Crippen molar-refractivity contribution in [2.45, 2.75) is 19.4 Å². The fourth-order valence-corrected chi connectivity index (χ4v) is 2.23. The van der Waals surface area contributed by atoms with Crippen LogP contribution >= 0.6 is 11.6 Å². The van der Waals surface area contributed by atoms with Crippen LogP contribution in [-0.4, -0.2) is 12.0 Å². The van der Waals surface area contributed by atoms with Gasteiger partial charge >= 0.3 is 0 Å². The van der Waals surface area contributed by atoms with Gasteiger partial charge in [-0.15, -0.1) is 0 Å². The Bertz CT molecular complexity index is 572. The van der Waals surface area contributed by atoms with Crippen molar-refractivity contribution in [1.29, 1.82) is 0 Å². The van der Waals surface area contributed by atoms with Crippen LogP contribution < -0.4 is 5.32 Å². The number of nitrogens with one attached hydrogen (secondary N) is 1. The molecule has 1 N–H and O–H groups in total. The van der Waals surface area contributed by atoms with Crippen LogP contribution in [-0.2, 0) is 6.42 Å². The molecule has 0 saturated carbocycles. The third-order valence-electron chi connectivity index (χ3n) is 3.23. The van der Waals surface area contributed by atoms with E-state index in [-0.39, 0.29) is 16.9 Å². The van der Waals surface area contributed by atoms with Gasteiger partial charge in [-0.1, -0.05) is 17.7 Å². The lowest BCUT2D eigenvalue weighted by Gasteiger charge is -2.18. The third kappa shape index (κ3) is 3.31. The number of aryl methyl sites for hydroxylation is 1. The monoisotopic (exact) mass is 278 g/mol. The molecular formula is C15H16ClFN2. The van der Waals surface area contributed by atoms with E-state index in [1.165, 1.54) is 11.6 Å². The minimum atomic E-state index is -0.378. The molecule has 0 aliphatic rings. The number of benzene rings is 1. The third-order valence-corrected chi connectivity index (χ3v) is 3.53. The lowest BCUT2D eigenvalue weighted by molar-refractivity contribution is 0.580. The highest BCUT2D eigenvalue weighted by Crippen LogP contribution is 2.23. The Balaban J connectivity index is 2.24. The maximum atomic E-state index is 13.5. The largest absolute Gasteiger partial charge is 0.313 e. The molecule has 1 aromatic carbocycles. The lowest BCUT2D eigenvalue weighted by Crippen LogP contribution is -2.20. The SMILES string of the molecule is CNC(Cc1ccc(Cl)c(F)c1)c1cnccc1C. The van der Waals surface area contributed by atoms with Crippen molar-refractivity contribution in [1.82, 2.24) is 10.3 Å². The van der Waals surface area contributed by atoms with Crippen molar-refractivity contribution in [3.05, 3.63) is 64.2 Å². The first kappa shape index (κ1) is 14.0. The van der Waals surface area contributed by atoms with Crippen LogP contribution in [0.1, 0.15) is 22.7 Å². The van der Waals surface area contributed by atoms with Gasteiger partial charge in [0.15, 0.2) is 0 Å². The Labute approximate surface area is 117 Å². The fourth-order valence-electron chi connectivity index (χ4n) is 2.11. The Kier molecular flexibility index (Phi) is 4.51. The van der Waals surface area contributed by atoms with E-state index in [0.29, 0.717) is 6.42 Å². The first-order valence-corrected chi connectivity index (χ1v) is 6.51. The number of aromatic nitrogens is 1. The van der Waals surface area contributed by atoms with Crippen molar-refractivity contribution < 1.29 is 4.39 Å². The van der Waals surface area contributed by atoms with E-state index >= 15 is 0 Å². The molecule has 1 atom stereocenters. The number of pyridine rings is 1. The summed E-state index contributed by atoms with van der Waals surface area (Å²) in [4.78, 5) is 4.15. The van der Waals surface area contributed by atoms with Gasteiger partial charge in [0.2, 0.25) is 0 Å². The quantitative estimate of drug-likeness (QED) is 0.923. The predicted molar refractivity (Wildman–Crippen MR) is 75.9 cm³/mol. The highest BCUT2D eigenvalue weighted by molar-refractivity contribution is 6.30. The first-order chi connectivity index (χ1) is 9.11. The van der Waals surface area contributed by atoms with Crippen LogP contribution in [0.4, 0.5) is 4.39 Å². The van der Waals surface area contributed by atoms with E-state index in [1.54, 1.807) is 12.3 Å². The Morgan fingerprint density at radius 1 is 1.37 bits per heavy atom. The molecule has 1 unspecified atom stereocenters. The molecule has 0 amide bonds. The number of nitrogens with zero attached hydrogens (tertiary/aromatic N) is 1. The van der Waals surface area contributed by atoms with Crippen LogP contribution in [0.3, 0.4) is 0 Å². The Morgan fingerprint density at radius 3 is 2.79 bits per heavy atom. The summed E-state index contributed by atoms with van der Waals surface area (Å²) in [6.45, 7) is 2.05. The van der Waals surface area contributed by atoms with E-state index in [0.717, 1.165) is 11.1 Å². The molecule has 1 aromatic heterocycles. The normalized spacial score (nSPS) is 12.4. The predicted octanol–water partition coefficient (Wildman–Crippen LogP) is 3.69. The summed E-state index contributed by atoms with van der Waals surface area (Å²) in [6.07, 6.45) is 4.31. The van der Waals surface area contributed by atoms with Crippen molar-refractivity contribution in [2.24, 2.45) is 0 Å². The summed E-state index contributed by atoms with van der Waals surface area (Å²) in [6, 6.07) is 7.01. The summed E-state index contributed by atoms with van der Waals surface area (Å²) in [7, 11) is 1.89. The molecule has 0 radical (unpaired) electrons. The van der Waals surface area contributed by atoms with Crippen molar-refractivity contribution in [2.75, 3.05) is 7.05 Å². The molecule has 0 saturated heterocycles. The van der Waals surface area contributed by atoms with E-state index in [9.17, 15) is 4.39 Å². The molecule has 2 nitrogen and oxygen atoms in total. The molecule has 2 aromatic rings. The van der Waals surface area contributed by atoms with E-state index in [1.807, 2.05) is 32.3 Å². The highest BCUT2D eigenvalue weighted by Gasteiger charge is 2.13. The molecule has 2 rings (SSSR count). The topological polar surface area (TPSA) is 24.9 Å². The number of likely N-dealkylation sites (N-methyl/N-ethyl adjacent to an activating group) is 1. The summed E-state index contributed by atoms with van der Waals surface area (Å²) >= 11 is 5.69. The van der Waals surface area contributed by atoms with Gasteiger partial charge in [0.05, 0.1) is 5.02 Å². The minimum Gasteiger partial charge on any atom is -0.313 e. The molecule has 0 aliphatic heterocycles. The van der Waals surface area contributed by atoms with E-state index in [2.05, 4.69) is 10.3 Å². The smallest absolute Gasteiger partial charge is 0.142 e. The Morgan fingerprint density at radius 2 is 2.16 bits per heavy atom. The van der Waals surface area contributed by atoms with E-state index < -0.39 is 0 Å². The van der Waals surface area contributed by atoms with Gasteiger partial charge in [-0.05, 0) is 55.3 Å². The highest BCUT2D eigenvalue weighted by atomic mass is 35.5. The number of rotatable bonds is 4. The zero-order valence-electron chi connectivity index (χ0n) is 11.0. The lowest BCUT2D eigenvalue weighted by atomic mass is 9.97. The average Bonchev–Trinajstić information content (AvgIpc) is 2.41. The minimum absolute atomic E-state index is 0.106. The van der Waals surface area contributed by atoms with Gasteiger partial charge in [0.1, 0.15) is 5.82 Å². The van der Waals surface area contributed by atoms with Crippen LogP contribution in [0.15, 0.2) is 36.7 Å². The average molecular weight is 279 g/mol. The Hall–Kier alpha value is -1.45. The van der Waals surface area contributed by atoms with Crippen molar-refractivity contribution in [3.8, 4) is 0 Å². The standard InChI is InChI=1S/C15H16ClFN2/c1-10-5-6-19-9-12(10)15(18-2)8-11-3-4-13(16)14(17)7-11/h3-7,9,15,18H,8H2,1-2H3. The van der Waals surface area contributed by atoms with Crippen LogP contribution in [0.5, 0.6) is 0 Å². The van der Waals surface area contributed by atoms with Gasteiger partial charge in [0, 0.05) is 18.4 Å². The molecule has 0 aliphatic carbocycles. The summed E-state index contributed by atoms with van der Waals surface area (Å²) < 4.78 is 13.5. The molecule has 0 spiro atoms.